The van der Waals surface area contributed by atoms with Crippen molar-refractivity contribution in [3.63, 3.8) is 0 Å². The van der Waals surface area contributed by atoms with Crippen LogP contribution in [0.25, 0.3) is 11.0 Å². The summed E-state index contributed by atoms with van der Waals surface area (Å²) in [6.45, 7) is 4.00. The Labute approximate surface area is 144 Å². The van der Waals surface area contributed by atoms with Gasteiger partial charge < -0.3 is 19.0 Å². The SMILES string of the molecule is C1CCOC1.C1CCOC1.[Na+].c1ccc2[n-]pnc2c1. The zero-order chi connectivity index (χ0) is 13.2. The molecule has 0 aliphatic carbocycles. The second-order valence-corrected chi connectivity index (χ2v) is 5.00. The molecule has 3 heterocycles. The summed E-state index contributed by atoms with van der Waals surface area (Å²) in [5.74, 6) is 0. The van der Waals surface area contributed by atoms with Gasteiger partial charge in [0.15, 0.2) is 0 Å². The van der Waals surface area contributed by atoms with E-state index in [1.54, 1.807) is 0 Å². The fourth-order valence-electron chi connectivity index (χ4n) is 1.77. The van der Waals surface area contributed by atoms with E-state index in [0.29, 0.717) is 0 Å². The van der Waals surface area contributed by atoms with Crippen LogP contribution in [0.2, 0.25) is 0 Å². The van der Waals surface area contributed by atoms with Crippen LogP contribution in [0.15, 0.2) is 24.3 Å². The van der Waals surface area contributed by atoms with Gasteiger partial charge in [-0.05, 0) is 36.7 Å². The Bertz CT molecular complexity index is 404. The van der Waals surface area contributed by atoms with Crippen molar-refractivity contribution in [3.8, 4) is 0 Å². The molecule has 0 bridgehead atoms. The van der Waals surface area contributed by atoms with Crippen LogP contribution in [-0.4, -0.2) is 31.2 Å². The first-order valence-electron chi connectivity index (χ1n) is 6.83. The van der Waals surface area contributed by atoms with Crippen LogP contribution in [-0.2, 0) is 9.47 Å². The van der Waals surface area contributed by atoms with Gasteiger partial charge in [0.05, 0.1) is 0 Å². The Balaban J connectivity index is 0.000000158. The average molecular weight is 302 g/mol. The molecular formula is C14H20N2NaO2P. The van der Waals surface area contributed by atoms with Crippen molar-refractivity contribution in [2.45, 2.75) is 25.7 Å². The van der Waals surface area contributed by atoms with Crippen LogP contribution >= 0.6 is 8.51 Å². The zero-order valence-corrected chi connectivity index (χ0v) is 15.0. The van der Waals surface area contributed by atoms with E-state index in [2.05, 4.69) is 9.49 Å². The molecule has 2 saturated heterocycles. The standard InChI is InChI=1S/C6H4N2P.2C4H8O.Na/c1-2-4-6-5(3-1)7-9-8-6;2*1-2-4-5-3-1;/h1-4H;2*1-4H2;/q-1;;;+1. The Morgan fingerprint density at radius 1 is 0.900 bits per heavy atom. The molecule has 0 amide bonds. The van der Waals surface area contributed by atoms with Gasteiger partial charge in [-0.3, -0.25) is 0 Å². The molecule has 0 atom stereocenters. The number of hydrogen-bond donors (Lipinski definition) is 0. The predicted molar refractivity (Wildman–Crippen MR) is 77.7 cm³/mol. The zero-order valence-electron chi connectivity index (χ0n) is 12.1. The van der Waals surface area contributed by atoms with E-state index in [9.17, 15) is 0 Å². The van der Waals surface area contributed by atoms with Crippen LogP contribution in [0, 0.1) is 0 Å². The first-order valence-corrected chi connectivity index (χ1v) is 7.63. The normalized spacial score (nSPS) is 17.0. The van der Waals surface area contributed by atoms with E-state index in [1.165, 1.54) is 25.7 Å². The Morgan fingerprint density at radius 2 is 1.45 bits per heavy atom. The van der Waals surface area contributed by atoms with Gasteiger partial charge in [0.1, 0.15) is 0 Å². The molecule has 0 spiro atoms. The number of hydrogen-bond acceptors (Lipinski definition) is 3. The maximum atomic E-state index is 4.94. The summed E-state index contributed by atoms with van der Waals surface area (Å²) < 4.78 is 18.1. The van der Waals surface area contributed by atoms with Crippen molar-refractivity contribution in [2.24, 2.45) is 0 Å². The van der Waals surface area contributed by atoms with Gasteiger partial charge in [0, 0.05) is 26.4 Å². The van der Waals surface area contributed by atoms with Crippen molar-refractivity contribution < 1.29 is 39.0 Å². The first-order chi connectivity index (χ1) is 9.47. The number of fused-ring (bicyclic) bond motifs is 1. The number of rotatable bonds is 0. The fraction of sp³-hybridized carbons (Fsp3) is 0.571. The third-order valence-corrected chi connectivity index (χ3v) is 3.45. The molecule has 1 aromatic carbocycles. The van der Waals surface area contributed by atoms with E-state index in [1.807, 2.05) is 24.3 Å². The van der Waals surface area contributed by atoms with Crippen molar-refractivity contribution in [1.29, 1.82) is 0 Å². The maximum Gasteiger partial charge on any atom is 1.00 e. The molecule has 6 heteroatoms. The van der Waals surface area contributed by atoms with E-state index in [0.717, 1.165) is 46.0 Å². The predicted octanol–water partition coefficient (Wildman–Crippen LogP) is 0.370. The van der Waals surface area contributed by atoms with Gasteiger partial charge in [-0.15, -0.1) is 8.51 Å². The van der Waals surface area contributed by atoms with Crippen LogP contribution in [0.3, 0.4) is 0 Å². The van der Waals surface area contributed by atoms with Crippen molar-refractivity contribution in [3.05, 3.63) is 24.3 Å². The minimum Gasteiger partial charge on any atom is -0.415 e. The molecule has 2 aliphatic heterocycles. The Kier molecular flexibility index (Phi) is 10.6. The molecule has 0 N–H and O–H groups in total. The summed E-state index contributed by atoms with van der Waals surface area (Å²) in [7, 11) is 0.825. The topological polar surface area (TPSA) is 45.5 Å². The summed E-state index contributed by atoms with van der Waals surface area (Å²) in [4.78, 5) is 0. The molecule has 2 fully saturated rings. The minimum atomic E-state index is 0. The molecular weight excluding hydrogens is 282 g/mol. The Hall–Kier alpha value is 0.0400. The molecule has 0 unspecified atom stereocenters. The Morgan fingerprint density at radius 3 is 1.90 bits per heavy atom. The molecule has 20 heavy (non-hydrogen) atoms. The molecule has 2 aliphatic rings. The van der Waals surface area contributed by atoms with E-state index in [-0.39, 0.29) is 29.6 Å². The molecule has 4 rings (SSSR count). The van der Waals surface area contributed by atoms with E-state index < -0.39 is 0 Å². The van der Waals surface area contributed by atoms with Gasteiger partial charge in [-0.1, -0.05) is 24.3 Å². The molecule has 104 valence electrons. The minimum absolute atomic E-state index is 0. The summed E-state index contributed by atoms with van der Waals surface area (Å²) in [6, 6.07) is 7.88. The van der Waals surface area contributed by atoms with E-state index in [4.69, 9.17) is 9.47 Å². The van der Waals surface area contributed by atoms with Gasteiger partial charge in [-0.2, -0.15) is 0 Å². The van der Waals surface area contributed by atoms with Gasteiger partial charge in [0.2, 0.25) is 0 Å². The second-order valence-electron chi connectivity index (χ2n) is 4.42. The second kappa shape index (κ2) is 11.7. The van der Waals surface area contributed by atoms with Crippen molar-refractivity contribution >= 4 is 19.5 Å². The first kappa shape index (κ1) is 18.1. The van der Waals surface area contributed by atoms with Crippen molar-refractivity contribution in [2.75, 3.05) is 26.4 Å². The summed E-state index contributed by atoms with van der Waals surface area (Å²) in [5, 5.41) is 0. The molecule has 4 nitrogen and oxygen atoms in total. The third-order valence-electron chi connectivity index (χ3n) is 2.84. The van der Waals surface area contributed by atoms with E-state index >= 15 is 0 Å². The summed E-state index contributed by atoms with van der Waals surface area (Å²) in [6.07, 6.45) is 5.11. The quantitative estimate of drug-likeness (QED) is 0.660. The number of nitrogens with zero attached hydrogens (tertiary/aromatic N) is 2. The van der Waals surface area contributed by atoms with Crippen molar-refractivity contribution in [1.82, 2.24) is 9.49 Å². The largest absolute Gasteiger partial charge is 1.00 e. The smallest absolute Gasteiger partial charge is 0.415 e. The summed E-state index contributed by atoms with van der Waals surface area (Å²) in [5.41, 5.74) is 2.03. The number of aromatic nitrogens is 2. The number of ether oxygens (including phenoxy) is 2. The van der Waals surface area contributed by atoms with Gasteiger partial charge >= 0.3 is 29.6 Å². The molecule has 2 aromatic rings. The fourth-order valence-corrected chi connectivity index (χ4v) is 2.35. The average Bonchev–Trinajstić information content (AvgIpc) is 3.22. The van der Waals surface area contributed by atoms with Gasteiger partial charge in [0.25, 0.3) is 0 Å². The van der Waals surface area contributed by atoms with Crippen LogP contribution in [0.5, 0.6) is 0 Å². The molecule has 1 aromatic heterocycles. The number of benzene rings is 1. The maximum absolute atomic E-state index is 4.94. The third kappa shape index (κ3) is 7.16. The molecule has 0 saturated carbocycles. The monoisotopic (exact) mass is 302 g/mol. The molecule has 0 radical (unpaired) electrons. The van der Waals surface area contributed by atoms with Gasteiger partial charge in [-0.25, -0.2) is 0 Å². The van der Waals surface area contributed by atoms with Crippen LogP contribution in [0.1, 0.15) is 25.7 Å². The summed E-state index contributed by atoms with van der Waals surface area (Å²) >= 11 is 0. The van der Waals surface area contributed by atoms with Crippen LogP contribution in [0.4, 0.5) is 0 Å². The van der Waals surface area contributed by atoms with Crippen LogP contribution < -0.4 is 34.3 Å².